The van der Waals surface area contributed by atoms with Crippen LogP contribution in [-0.4, -0.2) is 27.4 Å². The molecule has 0 aromatic heterocycles. The molecule has 1 fully saturated rings. The summed E-state index contributed by atoms with van der Waals surface area (Å²) in [6, 6.07) is 0. The second kappa shape index (κ2) is 6.06. The molecular weight excluding hydrogens is 236 g/mol. The van der Waals surface area contributed by atoms with E-state index in [1.165, 1.54) is 19.3 Å². The second-order valence-corrected chi connectivity index (χ2v) is 7.29. The lowest BCUT2D eigenvalue weighted by Crippen LogP contribution is -2.17. The van der Waals surface area contributed by atoms with E-state index < -0.39 is 9.05 Å². The molecule has 1 unspecified atom stereocenters. The Morgan fingerprint density at radius 1 is 1.47 bits per heavy atom. The van der Waals surface area contributed by atoms with Crippen LogP contribution in [0.3, 0.4) is 0 Å². The first kappa shape index (κ1) is 13.3. The van der Waals surface area contributed by atoms with Crippen molar-refractivity contribution in [2.45, 2.75) is 32.6 Å². The molecule has 0 bridgehead atoms. The van der Waals surface area contributed by atoms with Crippen molar-refractivity contribution in [2.75, 3.05) is 19.0 Å². The van der Waals surface area contributed by atoms with E-state index in [0.29, 0.717) is 6.61 Å². The molecule has 0 aliphatic heterocycles. The highest BCUT2D eigenvalue weighted by Gasteiger charge is 2.17. The summed E-state index contributed by atoms with van der Waals surface area (Å²) in [6.07, 6.45) is 5.12. The quantitative estimate of drug-likeness (QED) is 0.518. The number of rotatable bonds is 7. The fraction of sp³-hybridized carbons (Fsp3) is 1.00. The van der Waals surface area contributed by atoms with Gasteiger partial charge in [-0.2, -0.15) is 0 Å². The Hall–Kier alpha value is 0.200. The van der Waals surface area contributed by atoms with Crippen molar-refractivity contribution in [1.29, 1.82) is 0 Å². The van der Waals surface area contributed by atoms with Gasteiger partial charge in [0.15, 0.2) is 0 Å². The molecule has 0 saturated heterocycles. The van der Waals surface area contributed by atoms with Gasteiger partial charge in [-0.3, -0.25) is 0 Å². The Morgan fingerprint density at radius 3 is 2.60 bits per heavy atom. The zero-order valence-corrected chi connectivity index (χ0v) is 10.7. The van der Waals surface area contributed by atoms with Crippen LogP contribution in [0.5, 0.6) is 0 Å². The number of ether oxygens (including phenoxy) is 1. The molecule has 3 nitrogen and oxygen atoms in total. The van der Waals surface area contributed by atoms with Crippen molar-refractivity contribution >= 4 is 19.7 Å². The van der Waals surface area contributed by atoms with E-state index >= 15 is 0 Å². The minimum absolute atomic E-state index is 0.00200. The molecule has 1 aliphatic carbocycles. The molecule has 15 heavy (non-hydrogen) atoms. The molecule has 0 N–H and O–H groups in total. The first-order valence-electron chi connectivity index (χ1n) is 5.47. The van der Waals surface area contributed by atoms with E-state index in [1.54, 1.807) is 0 Å². The van der Waals surface area contributed by atoms with Gasteiger partial charge in [0.25, 0.3) is 0 Å². The van der Waals surface area contributed by atoms with E-state index in [1.807, 2.05) is 6.92 Å². The number of halogens is 1. The van der Waals surface area contributed by atoms with Crippen molar-refractivity contribution in [1.82, 2.24) is 0 Å². The fourth-order valence-electron chi connectivity index (χ4n) is 1.70. The van der Waals surface area contributed by atoms with Gasteiger partial charge < -0.3 is 4.74 Å². The lowest BCUT2D eigenvalue weighted by atomic mass is 9.83. The van der Waals surface area contributed by atoms with Crippen LogP contribution in [0.4, 0.5) is 0 Å². The van der Waals surface area contributed by atoms with Gasteiger partial charge in [0.2, 0.25) is 9.05 Å². The summed E-state index contributed by atoms with van der Waals surface area (Å²) < 4.78 is 26.9. The van der Waals surface area contributed by atoms with E-state index in [2.05, 4.69) is 0 Å². The number of hydrogen-bond acceptors (Lipinski definition) is 3. The topological polar surface area (TPSA) is 43.4 Å². The Morgan fingerprint density at radius 2 is 2.13 bits per heavy atom. The van der Waals surface area contributed by atoms with Crippen LogP contribution in [-0.2, 0) is 13.8 Å². The zero-order valence-electron chi connectivity index (χ0n) is 9.12. The van der Waals surface area contributed by atoms with Crippen LogP contribution in [0.2, 0.25) is 0 Å². The molecule has 0 aromatic rings. The van der Waals surface area contributed by atoms with Gasteiger partial charge in [-0.15, -0.1) is 0 Å². The summed E-state index contributed by atoms with van der Waals surface area (Å²) in [5.74, 6) is 0.823. The molecule has 1 rings (SSSR count). The summed E-state index contributed by atoms with van der Waals surface area (Å²) in [5.41, 5.74) is 0. The Labute approximate surface area is 96.6 Å². The van der Waals surface area contributed by atoms with Crippen LogP contribution < -0.4 is 0 Å². The zero-order chi connectivity index (χ0) is 11.3. The number of hydrogen-bond donors (Lipinski definition) is 0. The average Bonchev–Trinajstić information content (AvgIpc) is 1.96. The van der Waals surface area contributed by atoms with E-state index in [-0.39, 0.29) is 11.7 Å². The molecule has 1 atom stereocenters. The third kappa shape index (κ3) is 6.38. The van der Waals surface area contributed by atoms with Gasteiger partial charge in [0, 0.05) is 17.3 Å². The molecule has 90 valence electrons. The maximum atomic E-state index is 10.7. The van der Waals surface area contributed by atoms with Gasteiger partial charge in [0.05, 0.1) is 12.4 Å². The van der Waals surface area contributed by atoms with Gasteiger partial charge in [-0.25, -0.2) is 8.42 Å². The summed E-state index contributed by atoms with van der Waals surface area (Å²) >= 11 is 0. The predicted octanol–water partition coefficient (Wildman–Crippen LogP) is 2.40. The van der Waals surface area contributed by atoms with E-state index in [0.717, 1.165) is 18.9 Å². The van der Waals surface area contributed by atoms with E-state index in [4.69, 9.17) is 15.4 Å². The van der Waals surface area contributed by atoms with Crippen molar-refractivity contribution in [3.63, 3.8) is 0 Å². The lowest BCUT2D eigenvalue weighted by Gasteiger charge is -2.25. The molecule has 0 spiro atoms. The summed E-state index contributed by atoms with van der Waals surface area (Å²) in [6.45, 7) is 3.07. The maximum Gasteiger partial charge on any atom is 0.232 e. The molecule has 0 amide bonds. The maximum absolute atomic E-state index is 10.7. The molecule has 1 aliphatic rings. The standard InChI is InChI=1S/C10H19ClO3S/c1-9(8-15(11,12)13)7-14-6-5-10-3-2-4-10/h9-10H,2-8H2,1H3. The van der Waals surface area contributed by atoms with Gasteiger partial charge in [-0.1, -0.05) is 26.2 Å². The van der Waals surface area contributed by atoms with Gasteiger partial charge in [0.1, 0.15) is 0 Å². The summed E-state index contributed by atoms with van der Waals surface area (Å²) in [5, 5.41) is 0. The van der Waals surface area contributed by atoms with Crippen LogP contribution in [0.1, 0.15) is 32.6 Å². The molecule has 0 aromatic carbocycles. The largest absolute Gasteiger partial charge is 0.381 e. The lowest BCUT2D eigenvalue weighted by molar-refractivity contribution is 0.0880. The van der Waals surface area contributed by atoms with Crippen LogP contribution >= 0.6 is 10.7 Å². The van der Waals surface area contributed by atoms with Gasteiger partial charge in [-0.05, 0) is 18.3 Å². The first-order valence-corrected chi connectivity index (χ1v) is 7.95. The van der Waals surface area contributed by atoms with Gasteiger partial charge >= 0.3 is 0 Å². The highest BCUT2D eigenvalue weighted by molar-refractivity contribution is 8.13. The first-order chi connectivity index (χ1) is 6.97. The molecule has 5 heteroatoms. The Balaban J connectivity index is 1.98. The molecule has 0 heterocycles. The highest BCUT2D eigenvalue weighted by Crippen LogP contribution is 2.29. The normalized spacial score (nSPS) is 19.9. The third-order valence-electron chi connectivity index (χ3n) is 2.78. The second-order valence-electron chi connectivity index (χ2n) is 4.47. The monoisotopic (exact) mass is 254 g/mol. The van der Waals surface area contributed by atoms with Crippen molar-refractivity contribution in [2.24, 2.45) is 11.8 Å². The minimum Gasteiger partial charge on any atom is -0.381 e. The van der Waals surface area contributed by atoms with E-state index in [9.17, 15) is 8.42 Å². The average molecular weight is 255 g/mol. The van der Waals surface area contributed by atoms with Crippen molar-refractivity contribution in [3.05, 3.63) is 0 Å². The summed E-state index contributed by atoms with van der Waals surface area (Å²) in [7, 11) is 1.76. The van der Waals surface area contributed by atoms with Crippen molar-refractivity contribution < 1.29 is 13.2 Å². The molecule has 1 saturated carbocycles. The Bertz CT molecular complexity index is 272. The Kier molecular flexibility index (Phi) is 5.36. The minimum atomic E-state index is -3.38. The third-order valence-corrected chi connectivity index (χ3v) is 4.13. The SMILES string of the molecule is CC(COCCC1CCC1)CS(=O)(=O)Cl. The predicted molar refractivity (Wildman–Crippen MR) is 61.6 cm³/mol. The molecule has 0 radical (unpaired) electrons. The van der Waals surface area contributed by atoms with Crippen molar-refractivity contribution in [3.8, 4) is 0 Å². The van der Waals surface area contributed by atoms with Crippen LogP contribution in [0.25, 0.3) is 0 Å². The summed E-state index contributed by atoms with van der Waals surface area (Å²) in [4.78, 5) is 0. The smallest absolute Gasteiger partial charge is 0.232 e. The molecular formula is C10H19ClO3S. The fourth-order valence-corrected chi connectivity index (χ4v) is 3.13. The highest BCUT2D eigenvalue weighted by atomic mass is 35.7. The van der Waals surface area contributed by atoms with Crippen LogP contribution in [0.15, 0.2) is 0 Å². The van der Waals surface area contributed by atoms with Crippen LogP contribution in [0, 0.1) is 11.8 Å².